The van der Waals surface area contributed by atoms with Crippen LogP contribution >= 0.6 is 11.3 Å². The number of amides is 1. The minimum atomic E-state index is -0.150. The average molecular weight is 319 g/mol. The number of nitrogens with one attached hydrogen (secondary N) is 1. The summed E-state index contributed by atoms with van der Waals surface area (Å²) in [5.41, 5.74) is 5.60. The van der Waals surface area contributed by atoms with Crippen molar-refractivity contribution in [2.24, 2.45) is 11.7 Å². The van der Waals surface area contributed by atoms with Crippen LogP contribution in [0.25, 0.3) is 10.2 Å². The van der Waals surface area contributed by atoms with E-state index in [1.54, 1.807) is 17.7 Å². The molecule has 1 aliphatic heterocycles. The van der Waals surface area contributed by atoms with Crippen molar-refractivity contribution in [3.63, 3.8) is 0 Å². The first-order valence-electron chi connectivity index (χ1n) is 7.63. The Bertz CT molecular complexity index is 658. The monoisotopic (exact) mass is 319 g/mol. The van der Waals surface area contributed by atoms with Crippen molar-refractivity contribution >= 4 is 33.3 Å². The highest BCUT2D eigenvalue weighted by atomic mass is 32.1. The molecular formula is C15H21N5OS. The molecule has 2 aromatic rings. The summed E-state index contributed by atoms with van der Waals surface area (Å²) in [6.07, 6.45) is 3.44. The van der Waals surface area contributed by atoms with Crippen LogP contribution in [0.5, 0.6) is 0 Å². The predicted octanol–water partition coefficient (Wildman–Crippen LogP) is 1.37. The van der Waals surface area contributed by atoms with Crippen LogP contribution in [0.1, 0.15) is 19.8 Å². The van der Waals surface area contributed by atoms with E-state index in [4.69, 9.17) is 5.73 Å². The van der Waals surface area contributed by atoms with Gasteiger partial charge >= 0.3 is 0 Å². The standard InChI is InChI=1S/C15H21N5OS/c1-10(7-16)8-17-14(21)12-3-2-5-20(12)13-11-4-6-22-15(11)19-9-18-13/h4,6,9-10,12H,2-3,5,7-8,16H2,1H3,(H,17,21). The first-order valence-corrected chi connectivity index (χ1v) is 8.51. The second-order valence-corrected chi connectivity index (χ2v) is 6.67. The fourth-order valence-electron chi connectivity index (χ4n) is 2.77. The quantitative estimate of drug-likeness (QED) is 0.869. The van der Waals surface area contributed by atoms with Gasteiger partial charge in [-0.1, -0.05) is 6.92 Å². The summed E-state index contributed by atoms with van der Waals surface area (Å²) < 4.78 is 0. The van der Waals surface area contributed by atoms with E-state index in [-0.39, 0.29) is 11.9 Å². The third-order valence-electron chi connectivity index (χ3n) is 4.10. The highest BCUT2D eigenvalue weighted by Crippen LogP contribution is 2.31. The molecule has 0 saturated carbocycles. The lowest BCUT2D eigenvalue weighted by atomic mass is 10.1. The van der Waals surface area contributed by atoms with E-state index in [9.17, 15) is 4.79 Å². The summed E-state index contributed by atoms with van der Waals surface area (Å²) in [5, 5.41) is 6.06. The van der Waals surface area contributed by atoms with Crippen LogP contribution in [-0.2, 0) is 4.79 Å². The van der Waals surface area contributed by atoms with Gasteiger partial charge < -0.3 is 16.0 Å². The summed E-state index contributed by atoms with van der Waals surface area (Å²) in [6.45, 7) is 4.09. The van der Waals surface area contributed by atoms with E-state index in [1.807, 2.05) is 18.4 Å². The molecule has 2 atom stereocenters. The summed E-state index contributed by atoms with van der Waals surface area (Å²) in [4.78, 5) is 24.3. The van der Waals surface area contributed by atoms with Crippen molar-refractivity contribution in [3.8, 4) is 0 Å². The number of anilines is 1. The molecular weight excluding hydrogens is 298 g/mol. The molecule has 1 aliphatic rings. The second-order valence-electron chi connectivity index (χ2n) is 5.77. The van der Waals surface area contributed by atoms with Crippen molar-refractivity contribution in [1.82, 2.24) is 15.3 Å². The van der Waals surface area contributed by atoms with Crippen LogP contribution in [0, 0.1) is 5.92 Å². The van der Waals surface area contributed by atoms with E-state index in [0.29, 0.717) is 19.0 Å². The Labute approximate surface area is 133 Å². The molecule has 3 heterocycles. The summed E-state index contributed by atoms with van der Waals surface area (Å²) in [7, 11) is 0. The lowest BCUT2D eigenvalue weighted by molar-refractivity contribution is -0.122. The number of carbonyl (C=O) groups excluding carboxylic acids is 1. The molecule has 7 heteroatoms. The largest absolute Gasteiger partial charge is 0.354 e. The molecule has 1 amide bonds. The van der Waals surface area contributed by atoms with Crippen LogP contribution in [0.2, 0.25) is 0 Å². The van der Waals surface area contributed by atoms with E-state index < -0.39 is 0 Å². The molecule has 0 radical (unpaired) electrons. The van der Waals surface area contributed by atoms with E-state index in [0.717, 1.165) is 35.4 Å². The van der Waals surface area contributed by atoms with Gasteiger partial charge in [-0.2, -0.15) is 0 Å². The molecule has 0 aromatic carbocycles. The van der Waals surface area contributed by atoms with Gasteiger partial charge in [0.25, 0.3) is 0 Å². The number of carbonyl (C=O) groups is 1. The Balaban J connectivity index is 1.78. The van der Waals surface area contributed by atoms with Crippen LogP contribution in [0.3, 0.4) is 0 Å². The fourth-order valence-corrected chi connectivity index (χ4v) is 3.50. The van der Waals surface area contributed by atoms with E-state index >= 15 is 0 Å². The summed E-state index contributed by atoms with van der Waals surface area (Å²) in [6, 6.07) is 1.88. The van der Waals surface area contributed by atoms with Gasteiger partial charge in [0.2, 0.25) is 5.91 Å². The maximum Gasteiger partial charge on any atom is 0.242 e. The zero-order chi connectivity index (χ0) is 15.5. The van der Waals surface area contributed by atoms with E-state index in [2.05, 4.69) is 20.2 Å². The number of nitrogens with zero attached hydrogens (tertiary/aromatic N) is 3. The van der Waals surface area contributed by atoms with Crippen molar-refractivity contribution in [1.29, 1.82) is 0 Å². The molecule has 118 valence electrons. The minimum absolute atomic E-state index is 0.0693. The van der Waals surface area contributed by atoms with Crippen molar-refractivity contribution < 1.29 is 4.79 Å². The molecule has 0 aliphatic carbocycles. The maximum atomic E-state index is 12.5. The van der Waals surface area contributed by atoms with Gasteiger partial charge in [0, 0.05) is 13.1 Å². The molecule has 0 bridgehead atoms. The Morgan fingerprint density at radius 3 is 3.27 bits per heavy atom. The van der Waals surface area contributed by atoms with Crippen LogP contribution in [-0.4, -0.2) is 41.6 Å². The number of rotatable bonds is 5. The zero-order valence-corrected chi connectivity index (χ0v) is 13.5. The third kappa shape index (κ3) is 2.91. The van der Waals surface area contributed by atoms with Gasteiger partial charge in [0.05, 0.1) is 5.39 Å². The third-order valence-corrected chi connectivity index (χ3v) is 4.92. The van der Waals surface area contributed by atoms with Gasteiger partial charge in [-0.3, -0.25) is 4.79 Å². The molecule has 3 rings (SSSR count). The molecule has 22 heavy (non-hydrogen) atoms. The smallest absolute Gasteiger partial charge is 0.242 e. The van der Waals surface area contributed by atoms with Crippen LogP contribution in [0.15, 0.2) is 17.8 Å². The molecule has 6 nitrogen and oxygen atoms in total. The molecule has 2 aromatic heterocycles. The Morgan fingerprint density at radius 1 is 1.59 bits per heavy atom. The van der Waals surface area contributed by atoms with Gasteiger partial charge in [-0.15, -0.1) is 11.3 Å². The highest BCUT2D eigenvalue weighted by molar-refractivity contribution is 7.16. The number of fused-ring (bicyclic) bond motifs is 1. The molecule has 1 fully saturated rings. The van der Waals surface area contributed by atoms with Gasteiger partial charge in [0.1, 0.15) is 23.0 Å². The normalized spacial score (nSPS) is 19.5. The topological polar surface area (TPSA) is 84.1 Å². The Morgan fingerprint density at radius 2 is 2.45 bits per heavy atom. The Hall–Kier alpha value is -1.73. The minimum Gasteiger partial charge on any atom is -0.354 e. The highest BCUT2D eigenvalue weighted by Gasteiger charge is 2.32. The first kappa shape index (κ1) is 15.2. The number of aromatic nitrogens is 2. The van der Waals surface area contributed by atoms with Crippen molar-refractivity contribution in [2.45, 2.75) is 25.8 Å². The van der Waals surface area contributed by atoms with Gasteiger partial charge in [-0.05, 0) is 36.8 Å². The second kappa shape index (κ2) is 6.58. The predicted molar refractivity (Wildman–Crippen MR) is 89.0 cm³/mol. The zero-order valence-electron chi connectivity index (χ0n) is 12.7. The lowest BCUT2D eigenvalue weighted by Gasteiger charge is -2.25. The summed E-state index contributed by atoms with van der Waals surface area (Å²) >= 11 is 1.59. The van der Waals surface area contributed by atoms with Crippen LogP contribution in [0.4, 0.5) is 5.82 Å². The fraction of sp³-hybridized carbons (Fsp3) is 0.533. The van der Waals surface area contributed by atoms with Crippen molar-refractivity contribution in [3.05, 3.63) is 17.8 Å². The number of hydrogen-bond donors (Lipinski definition) is 2. The molecule has 1 saturated heterocycles. The Kier molecular flexibility index (Phi) is 4.54. The molecule has 3 N–H and O–H groups in total. The average Bonchev–Trinajstić information content (AvgIpc) is 3.20. The molecule has 0 spiro atoms. The van der Waals surface area contributed by atoms with Crippen molar-refractivity contribution in [2.75, 3.05) is 24.5 Å². The lowest BCUT2D eigenvalue weighted by Crippen LogP contribution is -2.45. The molecule has 2 unspecified atom stereocenters. The van der Waals surface area contributed by atoms with Crippen LogP contribution < -0.4 is 16.0 Å². The SMILES string of the molecule is CC(CN)CNC(=O)C1CCCN1c1ncnc2sccc12. The number of hydrogen-bond acceptors (Lipinski definition) is 6. The van der Waals surface area contributed by atoms with Gasteiger partial charge in [-0.25, -0.2) is 9.97 Å². The number of nitrogens with two attached hydrogens (primary N) is 1. The van der Waals surface area contributed by atoms with Gasteiger partial charge in [0.15, 0.2) is 0 Å². The van der Waals surface area contributed by atoms with E-state index in [1.165, 1.54) is 0 Å². The summed E-state index contributed by atoms with van der Waals surface area (Å²) in [5.74, 6) is 1.23. The number of thiophene rings is 1. The maximum absolute atomic E-state index is 12.5. The first-order chi connectivity index (χ1) is 10.7.